The van der Waals surface area contributed by atoms with E-state index >= 15 is 0 Å². The standard InChI is InChI=1S/C38H38Cl2N4/c1-23-18-25(3)36(26(4)19-23)43-16-17-44(37-27(5)20-24(2)21-28(37)6)38(43)33-34(40)30(39)22-42-35(33)32(29-12-8-7-9-13-29)31-14-10-11-15-41-31/h7-15,18-22,32,35H,16-17H2,1-6H3. The van der Waals surface area contributed by atoms with Crippen LogP contribution in [0.25, 0.3) is 0 Å². The molecule has 6 heteroatoms. The van der Waals surface area contributed by atoms with Crippen LogP contribution in [0.1, 0.15) is 50.6 Å². The SMILES string of the molecule is Cc1cc(C)c(N2CCN(c3c(C)cc(C)cc3C)C2=C2C(Cl)=C(Cl)C=NC2C(c2ccccc2)c2ccccn2)c(C)c1. The Morgan fingerprint density at radius 2 is 1.23 bits per heavy atom. The summed E-state index contributed by atoms with van der Waals surface area (Å²) < 4.78 is 0. The number of dihydropyridines is 1. The van der Waals surface area contributed by atoms with E-state index in [2.05, 4.69) is 106 Å². The quantitative estimate of drug-likeness (QED) is 0.223. The summed E-state index contributed by atoms with van der Waals surface area (Å²) in [5, 5.41) is 0.972. The van der Waals surface area contributed by atoms with Gasteiger partial charge < -0.3 is 9.80 Å². The Balaban J connectivity index is 1.68. The van der Waals surface area contributed by atoms with Gasteiger partial charge in [0.2, 0.25) is 0 Å². The lowest BCUT2D eigenvalue weighted by Crippen LogP contribution is -2.33. The normalized spacial score (nSPS) is 17.6. The average Bonchev–Trinajstić information content (AvgIpc) is 3.38. The minimum absolute atomic E-state index is 0.181. The van der Waals surface area contributed by atoms with Crippen molar-refractivity contribution in [3.8, 4) is 0 Å². The van der Waals surface area contributed by atoms with Crippen LogP contribution in [-0.4, -0.2) is 30.3 Å². The highest BCUT2D eigenvalue weighted by Crippen LogP contribution is 2.47. The molecule has 2 unspecified atom stereocenters. The van der Waals surface area contributed by atoms with Crippen molar-refractivity contribution >= 4 is 40.8 Å². The molecule has 1 aromatic heterocycles. The monoisotopic (exact) mass is 620 g/mol. The van der Waals surface area contributed by atoms with Crippen molar-refractivity contribution in [2.24, 2.45) is 4.99 Å². The second-order valence-electron chi connectivity index (χ2n) is 12.1. The van der Waals surface area contributed by atoms with Crippen molar-refractivity contribution in [1.82, 2.24) is 4.98 Å². The van der Waals surface area contributed by atoms with Gasteiger partial charge in [0.05, 0.1) is 27.7 Å². The summed E-state index contributed by atoms with van der Waals surface area (Å²) in [6, 6.07) is 25.2. The fourth-order valence-corrected chi connectivity index (χ4v) is 7.64. The third-order valence-corrected chi connectivity index (χ3v) is 9.47. The second kappa shape index (κ2) is 12.3. The third-order valence-electron chi connectivity index (χ3n) is 8.68. The van der Waals surface area contributed by atoms with E-state index in [0.717, 1.165) is 35.7 Å². The van der Waals surface area contributed by atoms with Crippen molar-refractivity contribution in [2.75, 3.05) is 22.9 Å². The number of rotatable bonds is 5. The molecule has 0 spiro atoms. The Morgan fingerprint density at radius 3 is 1.73 bits per heavy atom. The van der Waals surface area contributed by atoms with Crippen molar-refractivity contribution in [1.29, 1.82) is 0 Å². The molecular formula is C38H38Cl2N4. The molecule has 224 valence electrons. The zero-order valence-electron chi connectivity index (χ0n) is 26.2. The van der Waals surface area contributed by atoms with Crippen molar-refractivity contribution in [2.45, 2.75) is 53.5 Å². The van der Waals surface area contributed by atoms with Crippen LogP contribution in [0.2, 0.25) is 0 Å². The van der Waals surface area contributed by atoms with Crippen LogP contribution in [0.4, 0.5) is 11.4 Å². The summed E-state index contributed by atoms with van der Waals surface area (Å²) >= 11 is 14.2. The van der Waals surface area contributed by atoms with E-state index in [1.807, 2.05) is 24.4 Å². The highest BCUT2D eigenvalue weighted by molar-refractivity contribution is 6.47. The van der Waals surface area contributed by atoms with Gasteiger partial charge >= 0.3 is 0 Å². The number of halogens is 2. The number of anilines is 2. The minimum Gasteiger partial charge on any atom is -0.325 e. The van der Waals surface area contributed by atoms with E-state index in [-0.39, 0.29) is 12.0 Å². The van der Waals surface area contributed by atoms with Crippen LogP contribution in [0.5, 0.6) is 0 Å². The fourth-order valence-electron chi connectivity index (χ4n) is 7.23. The molecule has 4 aromatic rings. The minimum atomic E-state index is -0.363. The zero-order valence-corrected chi connectivity index (χ0v) is 27.7. The lowest BCUT2D eigenvalue weighted by Gasteiger charge is -2.36. The molecule has 6 rings (SSSR count). The molecule has 44 heavy (non-hydrogen) atoms. The molecule has 1 fully saturated rings. The molecule has 2 aliphatic heterocycles. The Hall–Kier alpha value is -3.86. The van der Waals surface area contributed by atoms with Gasteiger partial charge in [-0.15, -0.1) is 0 Å². The first-order chi connectivity index (χ1) is 21.2. The van der Waals surface area contributed by atoms with Gasteiger partial charge in [-0.2, -0.15) is 0 Å². The third kappa shape index (κ3) is 5.46. The van der Waals surface area contributed by atoms with Crippen LogP contribution >= 0.6 is 23.2 Å². The van der Waals surface area contributed by atoms with Gasteiger partial charge in [-0.05, 0) is 81.5 Å². The fraction of sp³-hybridized carbons (Fsp3) is 0.263. The van der Waals surface area contributed by atoms with Gasteiger partial charge in [0.1, 0.15) is 5.82 Å². The summed E-state index contributed by atoms with van der Waals surface area (Å²) in [6.07, 6.45) is 3.56. The van der Waals surface area contributed by atoms with Crippen LogP contribution in [0.3, 0.4) is 0 Å². The molecular weight excluding hydrogens is 583 g/mol. The predicted molar refractivity (Wildman–Crippen MR) is 187 cm³/mol. The number of pyridine rings is 1. The molecule has 0 bridgehead atoms. The molecule has 2 aliphatic rings. The summed E-state index contributed by atoms with van der Waals surface area (Å²) in [7, 11) is 0. The number of aromatic nitrogens is 1. The summed E-state index contributed by atoms with van der Waals surface area (Å²) in [4.78, 5) is 14.9. The largest absolute Gasteiger partial charge is 0.325 e. The molecule has 4 nitrogen and oxygen atoms in total. The molecule has 3 heterocycles. The van der Waals surface area contributed by atoms with Gasteiger partial charge in [0.25, 0.3) is 0 Å². The van der Waals surface area contributed by atoms with Crippen molar-refractivity contribution in [3.05, 3.63) is 145 Å². The number of hydrogen-bond acceptors (Lipinski definition) is 4. The lowest BCUT2D eigenvalue weighted by atomic mass is 9.83. The van der Waals surface area contributed by atoms with E-state index < -0.39 is 0 Å². The van der Waals surface area contributed by atoms with Crippen LogP contribution in [-0.2, 0) is 0 Å². The number of allylic oxidation sites excluding steroid dienone is 1. The zero-order chi connectivity index (χ0) is 31.1. The maximum atomic E-state index is 7.37. The predicted octanol–water partition coefficient (Wildman–Crippen LogP) is 9.44. The Kier molecular flexibility index (Phi) is 8.41. The highest BCUT2D eigenvalue weighted by atomic mass is 35.5. The lowest BCUT2D eigenvalue weighted by molar-refractivity contribution is 0.653. The molecule has 3 aromatic carbocycles. The second-order valence-corrected chi connectivity index (χ2v) is 12.8. The van der Waals surface area contributed by atoms with Gasteiger partial charge in [0, 0.05) is 42.4 Å². The Bertz CT molecular complexity index is 1650. The van der Waals surface area contributed by atoms with E-state index in [9.17, 15) is 0 Å². The summed E-state index contributed by atoms with van der Waals surface area (Å²) in [6.45, 7) is 14.7. The number of aliphatic imine (C=N–C) groups is 1. The van der Waals surface area contributed by atoms with E-state index in [1.165, 1.54) is 44.8 Å². The smallest absolute Gasteiger partial charge is 0.120 e. The van der Waals surface area contributed by atoms with Crippen molar-refractivity contribution in [3.63, 3.8) is 0 Å². The first-order valence-corrected chi connectivity index (χ1v) is 15.9. The van der Waals surface area contributed by atoms with E-state index in [4.69, 9.17) is 33.2 Å². The molecule has 0 saturated carbocycles. The maximum Gasteiger partial charge on any atom is 0.120 e. The van der Waals surface area contributed by atoms with Gasteiger partial charge in [0.15, 0.2) is 0 Å². The maximum absolute atomic E-state index is 7.37. The van der Waals surface area contributed by atoms with Crippen LogP contribution < -0.4 is 9.80 Å². The molecule has 0 N–H and O–H groups in total. The van der Waals surface area contributed by atoms with E-state index in [0.29, 0.717) is 10.1 Å². The van der Waals surface area contributed by atoms with Gasteiger partial charge in [-0.25, -0.2) is 0 Å². The molecule has 0 radical (unpaired) electrons. The average molecular weight is 622 g/mol. The molecule has 0 amide bonds. The number of aryl methyl sites for hydroxylation is 6. The van der Waals surface area contributed by atoms with Gasteiger partial charge in [-0.3, -0.25) is 9.98 Å². The summed E-state index contributed by atoms with van der Waals surface area (Å²) in [5.41, 5.74) is 12.8. The highest BCUT2D eigenvalue weighted by Gasteiger charge is 2.41. The van der Waals surface area contributed by atoms with Crippen LogP contribution in [0, 0.1) is 41.5 Å². The molecule has 1 saturated heterocycles. The molecule has 0 aliphatic carbocycles. The topological polar surface area (TPSA) is 31.7 Å². The Morgan fingerprint density at radius 1 is 0.705 bits per heavy atom. The number of hydrogen-bond donors (Lipinski definition) is 0. The number of benzene rings is 3. The first-order valence-electron chi connectivity index (χ1n) is 15.1. The molecule has 2 atom stereocenters. The number of nitrogens with zero attached hydrogens (tertiary/aromatic N) is 4. The van der Waals surface area contributed by atoms with Gasteiger partial charge in [-0.1, -0.05) is 95.0 Å². The van der Waals surface area contributed by atoms with Crippen molar-refractivity contribution < 1.29 is 0 Å². The Labute approximate surface area is 271 Å². The van der Waals surface area contributed by atoms with Crippen LogP contribution in [0.15, 0.2) is 105 Å². The van der Waals surface area contributed by atoms with E-state index in [1.54, 1.807) is 6.21 Å². The first kappa shape index (κ1) is 30.2. The summed E-state index contributed by atoms with van der Waals surface area (Å²) in [5.74, 6) is 0.844.